The van der Waals surface area contributed by atoms with E-state index in [-0.39, 0.29) is 5.97 Å². The molecule has 0 unspecified atom stereocenters. The molecule has 2 aromatic rings. The van der Waals surface area contributed by atoms with E-state index in [0.717, 1.165) is 17.9 Å². The lowest BCUT2D eigenvalue weighted by Gasteiger charge is -2.25. The lowest BCUT2D eigenvalue weighted by molar-refractivity contribution is 0.0526. The first-order valence-corrected chi connectivity index (χ1v) is 7.06. The summed E-state index contributed by atoms with van der Waals surface area (Å²) in [6.45, 7) is 4.94. The quantitative estimate of drug-likeness (QED) is 0.673. The van der Waals surface area contributed by atoms with Crippen molar-refractivity contribution in [1.29, 1.82) is 0 Å². The zero-order chi connectivity index (χ0) is 15.2. The van der Waals surface area contributed by atoms with Crippen molar-refractivity contribution in [1.82, 2.24) is 0 Å². The number of nitrogen functional groups attached to an aromatic ring is 1. The van der Waals surface area contributed by atoms with Crippen LogP contribution in [0.25, 0.3) is 0 Å². The third kappa shape index (κ3) is 3.34. The molecule has 21 heavy (non-hydrogen) atoms. The van der Waals surface area contributed by atoms with Gasteiger partial charge in [-0.15, -0.1) is 0 Å². The van der Waals surface area contributed by atoms with Crippen molar-refractivity contribution in [2.75, 3.05) is 23.8 Å². The molecule has 4 heteroatoms. The molecule has 0 fully saturated rings. The van der Waals surface area contributed by atoms with Crippen LogP contribution < -0.4 is 10.6 Å². The number of para-hydroxylation sites is 1. The Labute approximate surface area is 125 Å². The summed E-state index contributed by atoms with van der Waals surface area (Å²) in [6.07, 6.45) is 0. The SMILES string of the molecule is CCOC(=O)c1ccc(N)c(N(CC)c2ccccc2)c1. The van der Waals surface area contributed by atoms with Crippen LogP contribution in [0.3, 0.4) is 0 Å². The highest BCUT2D eigenvalue weighted by atomic mass is 16.5. The van der Waals surface area contributed by atoms with Gasteiger partial charge in [-0.05, 0) is 44.2 Å². The predicted octanol–water partition coefficient (Wildman–Crippen LogP) is 3.60. The normalized spacial score (nSPS) is 10.2. The summed E-state index contributed by atoms with van der Waals surface area (Å²) in [5, 5.41) is 0. The van der Waals surface area contributed by atoms with E-state index in [9.17, 15) is 4.79 Å². The van der Waals surface area contributed by atoms with Crippen molar-refractivity contribution >= 4 is 23.0 Å². The van der Waals surface area contributed by atoms with Gasteiger partial charge >= 0.3 is 5.97 Å². The summed E-state index contributed by atoms with van der Waals surface area (Å²) in [6, 6.07) is 15.2. The van der Waals surface area contributed by atoms with Crippen LogP contribution in [0.5, 0.6) is 0 Å². The Balaban J connectivity index is 2.41. The Hall–Kier alpha value is -2.49. The molecule has 0 saturated carbocycles. The zero-order valence-electron chi connectivity index (χ0n) is 12.4. The molecule has 4 nitrogen and oxygen atoms in total. The molecule has 0 aliphatic carbocycles. The van der Waals surface area contributed by atoms with Gasteiger partial charge in [-0.2, -0.15) is 0 Å². The second-order valence-electron chi connectivity index (χ2n) is 4.57. The zero-order valence-corrected chi connectivity index (χ0v) is 12.4. The van der Waals surface area contributed by atoms with Crippen LogP contribution in [0, 0.1) is 0 Å². The van der Waals surface area contributed by atoms with Crippen LogP contribution in [-0.4, -0.2) is 19.1 Å². The van der Waals surface area contributed by atoms with E-state index in [2.05, 4.69) is 4.90 Å². The summed E-state index contributed by atoms with van der Waals surface area (Å²) in [5.74, 6) is -0.331. The van der Waals surface area contributed by atoms with E-state index in [1.165, 1.54) is 0 Å². The molecule has 0 spiro atoms. The van der Waals surface area contributed by atoms with Crippen LogP contribution >= 0.6 is 0 Å². The van der Waals surface area contributed by atoms with Gasteiger partial charge in [0.2, 0.25) is 0 Å². The number of nitrogens with two attached hydrogens (primary N) is 1. The molecular formula is C17H20N2O2. The summed E-state index contributed by atoms with van der Waals surface area (Å²) in [4.78, 5) is 13.9. The molecule has 2 aromatic carbocycles. The molecule has 0 aliphatic rings. The number of carbonyl (C=O) groups is 1. The van der Waals surface area contributed by atoms with Gasteiger partial charge in [0.1, 0.15) is 0 Å². The average Bonchev–Trinajstić information content (AvgIpc) is 2.51. The van der Waals surface area contributed by atoms with Gasteiger partial charge < -0.3 is 15.4 Å². The lowest BCUT2D eigenvalue weighted by atomic mass is 10.1. The first kappa shape index (κ1) is 14.9. The van der Waals surface area contributed by atoms with Gasteiger partial charge in [0, 0.05) is 12.2 Å². The topological polar surface area (TPSA) is 55.6 Å². The highest BCUT2D eigenvalue weighted by Gasteiger charge is 2.14. The molecule has 0 heterocycles. The molecule has 0 radical (unpaired) electrons. The predicted molar refractivity (Wildman–Crippen MR) is 85.9 cm³/mol. The Bertz CT molecular complexity index is 611. The Morgan fingerprint density at radius 3 is 2.48 bits per heavy atom. The number of benzene rings is 2. The summed E-state index contributed by atoms with van der Waals surface area (Å²) < 4.78 is 5.04. The van der Waals surface area contributed by atoms with Gasteiger partial charge in [-0.3, -0.25) is 0 Å². The van der Waals surface area contributed by atoms with Crippen LogP contribution in [0.15, 0.2) is 48.5 Å². The van der Waals surface area contributed by atoms with E-state index in [4.69, 9.17) is 10.5 Å². The van der Waals surface area contributed by atoms with Gasteiger partial charge in [-0.25, -0.2) is 4.79 Å². The molecule has 0 atom stereocenters. The first-order chi connectivity index (χ1) is 10.2. The molecule has 110 valence electrons. The number of hydrogen-bond donors (Lipinski definition) is 1. The van der Waals surface area contributed by atoms with Crippen LogP contribution in [0.2, 0.25) is 0 Å². The van der Waals surface area contributed by atoms with Gasteiger partial charge in [0.15, 0.2) is 0 Å². The number of nitrogens with zero attached hydrogens (tertiary/aromatic N) is 1. The molecule has 2 rings (SSSR count). The van der Waals surface area contributed by atoms with Crippen molar-refractivity contribution in [2.45, 2.75) is 13.8 Å². The number of hydrogen-bond acceptors (Lipinski definition) is 4. The molecule has 0 aliphatic heterocycles. The third-order valence-electron chi connectivity index (χ3n) is 3.22. The van der Waals surface area contributed by atoms with Gasteiger partial charge in [-0.1, -0.05) is 18.2 Å². The van der Waals surface area contributed by atoms with E-state index < -0.39 is 0 Å². The fourth-order valence-electron chi connectivity index (χ4n) is 2.22. The fourth-order valence-corrected chi connectivity index (χ4v) is 2.22. The number of anilines is 3. The molecule has 0 saturated heterocycles. The van der Waals surface area contributed by atoms with E-state index in [0.29, 0.717) is 17.9 Å². The standard InChI is InChI=1S/C17H20N2O2/c1-3-19(14-8-6-5-7-9-14)16-12-13(10-11-15(16)18)17(20)21-4-2/h5-12H,3-4,18H2,1-2H3. The minimum absolute atomic E-state index is 0.331. The van der Waals surface area contributed by atoms with E-state index in [1.807, 2.05) is 37.3 Å². The summed E-state index contributed by atoms with van der Waals surface area (Å²) in [5.41, 5.74) is 9.08. The van der Waals surface area contributed by atoms with Crippen molar-refractivity contribution in [3.05, 3.63) is 54.1 Å². The minimum atomic E-state index is -0.331. The van der Waals surface area contributed by atoms with Crippen molar-refractivity contribution in [3.8, 4) is 0 Å². The lowest BCUT2D eigenvalue weighted by Crippen LogP contribution is -2.18. The molecular weight excluding hydrogens is 264 g/mol. The fraction of sp³-hybridized carbons (Fsp3) is 0.235. The van der Waals surface area contributed by atoms with Crippen LogP contribution in [-0.2, 0) is 4.74 Å². The number of ether oxygens (including phenoxy) is 1. The monoisotopic (exact) mass is 284 g/mol. The highest BCUT2D eigenvalue weighted by Crippen LogP contribution is 2.31. The average molecular weight is 284 g/mol. The first-order valence-electron chi connectivity index (χ1n) is 7.06. The Morgan fingerprint density at radius 1 is 1.14 bits per heavy atom. The third-order valence-corrected chi connectivity index (χ3v) is 3.22. The van der Waals surface area contributed by atoms with Crippen LogP contribution in [0.4, 0.5) is 17.1 Å². The summed E-state index contributed by atoms with van der Waals surface area (Å²) >= 11 is 0. The van der Waals surface area contributed by atoms with Gasteiger partial charge in [0.05, 0.1) is 23.5 Å². The minimum Gasteiger partial charge on any atom is -0.462 e. The summed E-state index contributed by atoms with van der Waals surface area (Å²) in [7, 11) is 0. The maximum absolute atomic E-state index is 11.9. The molecule has 0 amide bonds. The maximum atomic E-state index is 11.9. The maximum Gasteiger partial charge on any atom is 0.338 e. The molecule has 0 aromatic heterocycles. The molecule has 0 bridgehead atoms. The number of esters is 1. The smallest absolute Gasteiger partial charge is 0.338 e. The highest BCUT2D eigenvalue weighted by molar-refractivity contribution is 5.92. The van der Waals surface area contributed by atoms with E-state index in [1.54, 1.807) is 25.1 Å². The molecule has 2 N–H and O–H groups in total. The van der Waals surface area contributed by atoms with Gasteiger partial charge in [0.25, 0.3) is 0 Å². The Kier molecular flexibility index (Phi) is 4.82. The Morgan fingerprint density at radius 2 is 1.86 bits per heavy atom. The number of carbonyl (C=O) groups excluding carboxylic acids is 1. The number of rotatable bonds is 5. The second kappa shape index (κ2) is 6.79. The van der Waals surface area contributed by atoms with Crippen molar-refractivity contribution in [3.63, 3.8) is 0 Å². The largest absolute Gasteiger partial charge is 0.462 e. The van der Waals surface area contributed by atoms with E-state index >= 15 is 0 Å². The van der Waals surface area contributed by atoms with Crippen molar-refractivity contribution < 1.29 is 9.53 Å². The van der Waals surface area contributed by atoms with Crippen molar-refractivity contribution in [2.24, 2.45) is 0 Å². The second-order valence-corrected chi connectivity index (χ2v) is 4.57. The van der Waals surface area contributed by atoms with Crippen LogP contribution in [0.1, 0.15) is 24.2 Å².